The average Bonchev–Trinajstić information content (AvgIpc) is 2.93. The molecular formula is C14H21N3O. The number of fused-ring (bicyclic) bond motifs is 1. The summed E-state index contributed by atoms with van der Waals surface area (Å²) in [6, 6.07) is 1.96. The predicted octanol–water partition coefficient (Wildman–Crippen LogP) is 1.41. The van der Waals surface area contributed by atoms with Crippen molar-refractivity contribution in [3.05, 3.63) is 0 Å². The lowest BCUT2D eigenvalue weighted by molar-refractivity contribution is -0.136. The van der Waals surface area contributed by atoms with Gasteiger partial charge in [-0.25, -0.2) is 0 Å². The van der Waals surface area contributed by atoms with Gasteiger partial charge in [0.2, 0.25) is 5.91 Å². The van der Waals surface area contributed by atoms with Gasteiger partial charge in [-0.1, -0.05) is 19.3 Å². The third-order valence-corrected chi connectivity index (χ3v) is 5.13. The first kappa shape index (κ1) is 12.0. The standard InChI is InChI=1S/C14H21N3O/c15-9-14-6-10(7-14)8-17(14)13(18)12(16)11-4-2-1-3-5-11/h10-12H,1-8,16H2. The van der Waals surface area contributed by atoms with E-state index in [-0.39, 0.29) is 11.9 Å². The van der Waals surface area contributed by atoms with Crippen LogP contribution < -0.4 is 5.73 Å². The van der Waals surface area contributed by atoms with E-state index in [9.17, 15) is 10.1 Å². The molecule has 1 amide bonds. The highest BCUT2D eigenvalue weighted by molar-refractivity contribution is 5.84. The molecule has 0 spiro atoms. The molecule has 98 valence electrons. The van der Waals surface area contributed by atoms with E-state index in [1.165, 1.54) is 19.3 Å². The molecule has 0 radical (unpaired) electrons. The van der Waals surface area contributed by atoms with Crippen LogP contribution in [0.4, 0.5) is 0 Å². The Labute approximate surface area is 108 Å². The molecule has 0 aromatic rings. The second kappa shape index (κ2) is 4.24. The fourth-order valence-electron chi connectivity index (χ4n) is 4.01. The van der Waals surface area contributed by atoms with Crippen molar-refractivity contribution in [1.82, 2.24) is 4.90 Å². The molecule has 2 bridgehead atoms. The van der Waals surface area contributed by atoms with Gasteiger partial charge in [0.15, 0.2) is 0 Å². The first-order valence-corrected chi connectivity index (χ1v) is 7.14. The van der Waals surface area contributed by atoms with E-state index in [2.05, 4.69) is 6.07 Å². The molecule has 4 fully saturated rings. The van der Waals surface area contributed by atoms with E-state index in [0.29, 0.717) is 11.8 Å². The maximum Gasteiger partial charge on any atom is 0.241 e. The number of hydrogen-bond acceptors (Lipinski definition) is 3. The minimum Gasteiger partial charge on any atom is -0.322 e. The SMILES string of the molecule is N#CC12CC(CN1C(=O)C(N)C1CCCCC1)C2. The van der Waals surface area contributed by atoms with Crippen LogP contribution in [0.15, 0.2) is 0 Å². The van der Waals surface area contributed by atoms with E-state index in [0.717, 1.165) is 32.2 Å². The predicted molar refractivity (Wildman–Crippen MR) is 67.3 cm³/mol. The summed E-state index contributed by atoms with van der Waals surface area (Å²) in [5.41, 5.74) is 5.67. The minimum atomic E-state index is -0.492. The zero-order valence-corrected chi connectivity index (χ0v) is 10.8. The number of carbonyl (C=O) groups is 1. The third kappa shape index (κ3) is 1.65. The van der Waals surface area contributed by atoms with E-state index in [1.807, 2.05) is 0 Å². The van der Waals surface area contributed by atoms with Gasteiger partial charge < -0.3 is 10.6 Å². The smallest absolute Gasteiger partial charge is 0.241 e. The Morgan fingerprint density at radius 3 is 2.61 bits per heavy atom. The molecule has 18 heavy (non-hydrogen) atoms. The van der Waals surface area contributed by atoms with Gasteiger partial charge in [-0.05, 0) is 37.5 Å². The maximum atomic E-state index is 12.5. The van der Waals surface area contributed by atoms with Crippen molar-refractivity contribution >= 4 is 5.91 Å². The number of nitrogens with zero attached hydrogens (tertiary/aromatic N) is 2. The van der Waals surface area contributed by atoms with Gasteiger partial charge in [-0.15, -0.1) is 0 Å². The first-order valence-electron chi connectivity index (χ1n) is 7.14. The van der Waals surface area contributed by atoms with Crippen LogP contribution in [0.1, 0.15) is 44.9 Å². The van der Waals surface area contributed by atoms with Gasteiger partial charge in [0, 0.05) is 6.54 Å². The molecule has 4 nitrogen and oxygen atoms in total. The molecule has 4 rings (SSSR count). The van der Waals surface area contributed by atoms with Crippen LogP contribution in [0, 0.1) is 23.2 Å². The van der Waals surface area contributed by atoms with Crippen LogP contribution in [0.5, 0.6) is 0 Å². The molecule has 0 aromatic carbocycles. The van der Waals surface area contributed by atoms with Gasteiger partial charge in [0.25, 0.3) is 0 Å². The Morgan fingerprint density at radius 1 is 1.33 bits per heavy atom. The van der Waals surface area contributed by atoms with Gasteiger partial charge in [0.05, 0.1) is 12.1 Å². The number of amides is 1. The summed E-state index contributed by atoms with van der Waals surface area (Å²) in [4.78, 5) is 14.3. The second-order valence-corrected chi connectivity index (χ2v) is 6.29. The molecule has 1 unspecified atom stereocenters. The minimum absolute atomic E-state index is 0.0310. The Morgan fingerprint density at radius 2 is 2.00 bits per heavy atom. The van der Waals surface area contributed by atoms with Crippen LogP contribution in [0.2, 0.25) is 0 Å². The number of rotatable bonds is 2. The Bertz CT molecular complexity index is 388. The van der Waals surface area contributed by atoms with Crippen LogP contribution in [0.25, 0.3) is 0 Å². The zero-order chi connectivity index (χ0) is 12.8. The normalized spacial score (nSPS) is 36.9. The Balaban J connectivity index is 1.69. The highest BCUT2D eigenvalue weighted by Gasteiger charge is 2.59. The quantitative estimate of drug-likeness (QED) is 0.802. The number of hydrogen-bond donors (Lipinski definition) is 1. The zero-order valence-electron chi connectivity index (χ0n) is 10.8. The number of carbonyl (C=O) groups excluding carboxylic acids is 1. The topological polar surface area (TPSA) is 70.1 Å². The molecule has 2 saturated carbocycles. The van der Waals surface area contributed by atoms with Crippen molar-refractivity contribution in [3.8, 4) is 6.07 Å². The second-order valence-electron chi connectivity index (χ2n) is 6.29. The monoisotopic (exact) mass is 247 g/mol. The van der Waals surface area contributed by atoms with Crippen molar-refractivity contribution in [2.45, 2.75) is 56.5 Å². The lowest BCUT2D eigenvalue weighted by Crippen LogP contribution is -2.54. The third-order valence-electron chi connectivity index (χ3n) is 5.13. The molecule has 2 N–H and O–H groups in total. The largest absolute Gasteiger partial charge is 0.322 e. The molecule has 4 heteroatoms. The summed E-state index contributed by atoms with van der Waals surface area (Å²) < 4.78 is 0. The van der Waals surface area contributed by atoms with E-state index in [1.54, 1.807) is 4.90 Å². The lowest BCUT2D eigenvalue weighted by Gasteiger charge is -2.37. The number of nitriles is 1. The lowest BCUT2D eigenvalue weighted by atomic mass is 9.74. The molecule has 2 saturated heterocycles. The summed E-state index contributed by atoms with van der Waals surface area (Å²) in [6.07, 6.45) is 7.54. The van der Waals surface area contributed by atoms with Crippen LogP contribution in [0.3, 0.4) is 0 Å². The molecule has 4 aliphatic rings. The van der Waals surface area contributed by atoms with E-state index >= 15 is 0 Å². The van der Waals surface area contributed by atoms with Gasteiger partial charge in [0.1, 0.15) is 5.54 Å². The average molecular weight is 247 g/mol. The van der Waals surface area contributed by atoms with E-state index < -0.39 is 5.54 Å². The molecule has 0 aromatic heterocycles. The molecule has 2 aliphatic carbocycles. The van der Waals surface area contributed by atoms with Crippen LogP contribution >= 0.6 is 0 Å². The van der Waals surface area contributed by atoms with Gasteiger partial charge >= 0.3 is 0 Å². The highest BCUT2D eigenvalue weighted by atomic mass is 16.2. The summed E-state index contributed by atoms with van der Waals surface area (Å²) >= 11 is 0. The molecule has 2 heterocycles. The summed E-state index contributed by atoms with van der Waals surface area (Å²) in [5.74, 6) is 0.912. The fraction of sp³-hybridized carbons (Fsp3) is 0.857. The molecule has 1 atom stereocenters. The van der Waals surface area contributed by atoms with Gasteiger partial charge in [-0.3, -0.25) is 4.79 Å². The molecule has 2 aliphatic heterocycles. The summed E-state index contributed by atoms with van der Waals surface area (Å²) in [7, 11) is 0. The Kier molecular flexibility index (Phi) is 2.82. The first-order chi connectivity index (χ1) is 8.66. The van der Waals surface area contributed by atoms with E-state index in [4.69, 9.17) is 5.73 Å². The van der Waals surface area contributed by atoms with Gasteiger partial charge in [-0.2, -0.15) is 5.26 Å². The van der Waals surface area contributed by atoms with Crippen molar-refractivity contribution < 1.29 is 4.79 Å². The highest BCUT2D eigenvalue weighted by Crippen LogP contribution is 2.50. The summed E-state index contributed by atoms with van der Waals surface area (Å²) in [6.45, 7) is 0.757. The number of nitrogens with two attached hydrogens (primary N) is 1. The van der Waals surface area contributed by atoms with Crippen LogP contribution in [-0.2, 0) is 4.79 Å². The fourth-order valence-corrected chi connectivity index (χ4v) is 4.01. The van der Waals surface area contributed by atoms with Crippen LogP contribution in [-0.4, -0.2) is 28.9 Å². The van der Waals surface area contributed by atoms with Crippen molar-refractivity contribution in [2.24, 2.45) is 17.6 Å². The summed E-state index contributed by atoms with van der Waals surface area (Å²) in [5, 5.41) is 9.29. The molecular weight excluding hydrogens is 226 g/mol. The van der Waals surface area contributed by atoms with Crippen molar-refractivity contribution in [2.75, 3.05) is 6.54 Å². The maximum absolute atomic E-state index is 12.5. The van der Waals surface area contributed by atoms with Crippen molar-refractivity contribution in [1.29, 1.82) is 5.26 Å². The Hall–Kier alpha value is -1.08. The van der Waals surface area contributed by atoms with Crippen molar-refractivity contribution in [3.63, 3.8) is 0 Å².